The molecule has 1 aliphatic rings. The van der Waals surface area contributed by atoms with E-state index >= 15 is 0 Å². The van der Waals surface area contributed by atoms with Crippen LogP contribution in [0.2, 0.25) is 0 Å². The molecular weight excluding hydrogens is 120 g/mol. The van der Waals surface area contributed by atoms with Gasteiger partial charge in [0.05, 0.1) is 0 Å². The number of hydrogen-bond donors (Lipinski definition) is 0. The fraction of sp³-hybridized carbons (Fsp3) is 0.400. The van der Waals surface area contributed by atoms with Crippen molar-refractivity contribution in [3.05, 3.63) is 36.0 Å². The van der Waals surface area contributed by atoms with Gasteiger partial charge in [-0.1, -0.05) is 49.3 Å². The highest BCUT2D eigenvalue weighted by Gasteiger charge is 1.90. The van der Waals surface area contributed by atoms with Crippen LogP contribution in [0.15, 0.2) is 36.0 Å². The molecule has 0 aromatic rings. The standard InChI is InChI=1S/C10H14/c1-2-7-10-8-5-3-4-6-9-10/h3-5,8-9H,2,6-7H2,1H3. The molecule has 0 aliphatic heterocycles. The lowest BCUT2D eigenvalue weighted by Gasteiger charge is -1.95. The summed E-state index contributed by atoms with van der Waals surface area (Å²) in [6.07, 6.45) is 14.5. The summed E-state index contributed by atoms with van der Waals surface area (Å²) in [6, 6.07) is 0. The molecule has 0 saturated carbocycles. The molecule has 1 aliphatic carbocycles. The first kappa shape index (κ1) is 7.33. The van der Waals surface area contributed by atoms with Crippen LogP contribution in [0.4, 0.5) is 0 Å². The normalized spacial score (nSPS) is 16.7. The molecule has 0 radical (unpaired) electrons. The van der Waals surface area contributed by atoms with Gasteiger partial charge in [0.15, 0.2) is 0 Å². The maximum atomic E-state index is 2.30. The predicted molar refractivity (Wildman–Crippen MR) is 45.9 cm³/mol. The smallest absolute Gasteiger partial charge is 0.0160 e. The third-order valence-electron chi connectivity index (χ3n) is 1.61. The number of allylic oxidation sites excluding steroid dienone is 6. The first-order valence-corrected chi connectivity index (χ1v) is 3.95. The third-order valence-corrected chi connectivity index (χ3v) is 1.61. The zero-order chi connectivity index (χ0) is 7.23. The molecule has 0 aromatic carbocycles. The van der Waals surface area contributed by atoms with Crippen LogP contribution >= 0.6 is 0 Å². The molecule has 0 heterocycles. The monoisotopic (exact) mass is 134 g/mol. The maximum absolute atomic E-state index is 2.30. The molecule has 0 N–H and O–H groups in total. The summed E-state index contributed by atoms with van der Waals surface area (Å²) in [6.45, 7) is 2.22. The van der Waals surface area contributed by atoms with Crippen molar-refractivity contribution in [3.63, 3.8) is 0 Å². The fourth-order valence-electron chi connectivity index (χ4n) is 1.10. The van der Waals surface area contributed by atoms with Gasteiger partial charge in [0.25, 0.3) is 0 Å². The molecule has 0 amide bonds. The summed E-state index contributed by atoms with van der Waals surface area (Å²) in [5.74, 6) is 0. The van der Waals surface area contributed by atoms with Gasteiger partial charge < -0.3 is 0 Å². The zero-order valence-electron chi connectivity index (χ0n) is 6.51. The molecule has 0 unspecified atom stereocenters. The van der Waals surface area contributed by atoms with Gasteiger partial charge in [-0.25, -0.2) is 0 Å². The van der Waals surface area contributed by atoms with Crippen LogP contribution in [0.3, 0.4) is 0 Å². The largest absolute Gasteiger partial charge is 0.0807 e. The van der Waals surface area contributed by atoms with Gasteiger partial charge in [0.2, 0.25) is 0 Å². The molecule has 0 saturated heterocycles. The summed E-state index contributed by atoms with van der Waals surface area (Å²) in [4.78, 5) is 0. The second kappa shape index (κ2) is 4.10. The fourth-order valence-corrected chi connectivity index (χ4v) is 1.10. The Kier molecular flexibility index (Phi) is 3.01. The van der Waals surface area contributed by atoms with Gasteiger partial charge in [0, 0.05) is 0 Å². The Labute approximate surface area is 62.9 Å². The van der Waals surface area contributed by atoms with Gasteiger partial charge in [-0.3, -0.25) is 0 Å². The van der Waals surface area contributed by atoms with Crippen molar-refractivity contribution in [2.24, 2.45) is 0 Å². The lowest BCUT2D eigenvalue weighted by molar-refractivity contribution is 0.922. The molecular formula is C10H14. The second-order valence-electron chi connectivity index (χ2n) is 2.55. The molecule has 0 bridgehead atoms. The Bertz CT molecular complexity index is 170. The predicted octanol–water partition coefficient (Wildman–Crippen LogP) is 3.23. The molecule has 0 heteroatoms. The molecule has 54 valence electrons. The third kappa shape index (κ3) is 2.22. The summed E-state index contributed by atoms with van der Waals surface area (Å²) in [5, 5.41) is 0. The van der Waals surface area contributed by atoms with Crippen molar-refractivity contribution in [1.29, 1.82) is 0 Å². The van der Waals surface area contributed by atoms with Crippen LogP contribution < -0.4 is 0 Å². The maximum Gasteiger partial charge on any atom is -0.0160 e. The Morgan fingerprint density at radius 1 is 1.40 bits per heavy atom. The Morgan fingerprint density at radius 3 is 3.10 bits per heavy atom. The van der Waals surface area contributed by atoms with E-state index in [1.807, 2.05) is 0 Å². The average Bonchev–Trinajstić information content (AvgIpc) is 2.17. The van der Waals surface area contributed by atoms with E-state index in [1.54, 1.807) is 0 Å². The van der Waals surface area contributed by atoms with Gasteiger partial charge >= 0.3 is 0 Å². The van der Waals surface area contributed by atoms with Crippen molar-refractivity contribution in [1.82, 2.24) is 0 Å². The Hall–Kier alpha value is -0.780. The summed E-state index contributed by atoms with van der Waals surface area (Å²) in [5.41, 5.74) is 1.48. The molecule has 0 fully saturated rings. The molecule has 1 rings (SSSR count). The van der Waals surface area contributed by atoms with E-state index in [2.05, 4.69) is 37.3 Å². The minimum atomic E-state index is 1.10. The van der Waals surface area contributed by atoms with E-state index in [4.69, 9.17) is 0 Å². The lowest BCUT2D eigenvalue weighted by Crippen LogP contribution is -1.75. The highest BCUT2D eigenvalue weighted by Crippen LogP contribution is 2.10. The van der Waals surface area contributed by atoms with Crippen molar-refractivity contribution in [2.75, 3.05) is 0 Å². The quantitative estimate of drug-likeness (QED) is 0.544. The van der Waals surface area contributed by atoms with Crippen LogP contribution in [0.1, 0.15) is 26.2 Å². The van der Waals surface area contributed by atoms with E-state index in [-0.39, 0.29) is 0 Å². The lowest BCUT2D eigenvalue weighted by atomic mass is 10.1. The molecule has 0 spiro atoms. The topological polar surface area (TPSA) is 0 Å². The summed E-state index contributed by atoms with van der Waals surface area (Å²) in [7, 11) is 0. The number of rotatable bonds is 2. The van der Waals surface area contributed by atoms with Crippen LogP contribution in [-0.2, 0) is 0 Å². The van der Waals surface area contributed by atoms with Gasteiger partial charge in [-0.2, -0.15) is 0 Å². The molecule has 0 nitrogen and oxygen atoms in total. The van der Waals surface area contributed by atoms with E-state index < -0.39 is 0 Å². The van der Waals surface area contributed by atoms with E-state index in [0.717, 1.165) is 6.42 Å². The Morgan fingerprint density at radius 2 is 2.30 bits per heavy atom. The van der Waals surface area contributed by atoms with Crippen LogP contribution in [-0.4, -0.2) is 0 Å². The SMILES string of the molecule is CCCC1=CCC=CC=C1. The first-order valence-electron chi connectivity index (χ1n) is 3.95. The summed E-state index contributed by atoms with van der Waals surface area (Å²) >= 11 is 0. The van der Waals surface area contributed by atoms with Crippen LogP contribution in [0, 0.1) is 0 Å². The van der Waals surface area contributed by atoms with E-state index in [1.165, 1.54) is 18.4 Å². The molecule has 0 aromatic heterocycles. The van der Waals surface area contributed by atoms with Crippen LogP contribution in [0.25, 0.3) is 0 Å². The van der Waals surface area contributed by atoms with Crippen molar-refractivity contribution in [3.8, 4) is 0 Å². The van der Waals surface area contributed by atoms with Crippen molar-refractivity contribution in [2.45, 2.75) is 26.2 Å². The van der Waals surface area contributed by atoms with Gasteiger partial charge in [0.1, 0.15) is 0 Å². The van der Waals surface area contributed by atoms with Crippen molar-refractivity contribution < 1.29 is 0 Å². The minimum absolute atomic E-state index is 1.10. The van der Waals surface area contributed by atoms with Gasteiger partial charge in [-0.15, -0.1) is 0 Å². The molecule has 10 heavy (non-hydrogen) atoms. The molecule has 0 atom stereocenters. The average molecular weight is 134 g/mol. The zero-order valence-corrected chi connectivity index (χ0v) is 6.51. The first-order chi connectivity index (χ1) is 4.93. The van der Waals surface area contributed by atoms with E-state index in [0.29, 0.717) is 0 Å². The highest BCUT2D eigenvalue weighted by atomic mass is 14.0. The number of hydrogen-bond acceptors (Lipinski definition) is 0. The second-order valence-corrected chi connectivity index (χ2v) is 2.55. The highest BCUT2D eigenvalue weighted by molar-refractivity contribution is 5.25. The Balaban J connectivity index is 2.51. The summed E-state index contributed by atoms with van der Waals surface area (Å²) < 4.78 is 0. The van der Waals surface area contributed by atoms with Crippen LogP contribution in [0.5, 0.6) is 0 Å². The van der Waals surface area contributed by atoms with Crippen molar-refractivity contribution >= 4 is 0 Å². The van der Waals surface area contributed by atoms with E-state index in [9.17, 15) is 0 Å². The minimum Gasteiger partial charge on any atom is -0.0807 e. The van der Waals surface area contributed by atoms with Gasteiger partial charge in [-0.05, 0) is 12.8 Å².